The van der Waals surface area contributed by atoms with Gasteiger partial charge in [0.05, 0.1) is 5.02 Å². The lowest BCUT2D eigenvalue weighted by molar-refractivity contribution is 0.492. The van der Waals surface area contributed by atoms with E-state index in [1.54, 1.807) is 6.07 Å². The summed E-state index contributed by atoms with van der Waals surface area (Å²) in [5.74, 6) is -2.21. The molecule has 2 aromatic carbocycles. The van der Waals surface area contributed by atoms with E-state index < -0.39 is 17.5 Å². The summed E-state index contributed by atoms with van der Waals surface area (Å²) in [6.45, 7) is 0.564. The van der Waals surface area contributed by atoms with Gasteiger partial charge in [-0.15, -0.1) is 0 Å². The Morgan fingerprint density at radius 3 is 2.47 bits per heavy atom. The second-order valence-electron chi connectivity index (χ2n) is 4.06. The monoisotopic (exact) mass is 285 g/mol. The van der Waals surface area contributed by atoms with Crippen LogP contribution in [-0.2, 0) is 13.1 Å². The maximum absolute atomic E-state index is 13.4. The van der Waals surface area contributed by atoms with Crippen molar-refractivity contribution in [1.29, 1.82) is 0 Å². The van der Waals surface area contributed by atoms with E-state index in [1.165, 1.54) is 24.3 Å². The van der Waals surface area contributed by atoms with Crippen LogP contribution in [0.25, 0.3) is 0 Å². The summed E-state index contributed by atoms with van der Waals surface area (Å²) in [6.07, 6.45) is 0. The van der Waals surface area contributed by atoms with E-state index in [9.17, 15) is 13.2 Å². The van der Waals surface area contributed by atoms with Crippen LogP contribution in [0, 0.1) is 17.5 Å². The minimum absolute atomic E-state index is 0.0382. The zero-order valence-electron chi connectivity index (χ0n) is 9.89. The molecule has 5 heteroatoms. The van der Waals surface area contributed by atoms with Crippen LogP contribution in [0.3, 0.4) is 0 Å². The molecule has 2 rings (SSSR count). The Morgan fingerprint density at radius 1 is 0.947 bits per heavy atom. The van der Waals surface area contributed by atoms with Crippen molar-refractivity contribution < 1.29 is 13.2 Å². The van der Waals surface area contributed by atoms with Gasteiger partial charge in [-0.3, -0.25) is 0 Å². The predicted octanol–water partition coefficient (Wildman–Crippen LogP) is 4.05. The highest BCUT2D eigenvalue weighted by Gasteiger charge is 2.07. The zero-order chi connectivity index (χ0) is 13.8. The first-order valence-corrected chi connectivity index (χ1v) is 6.03. The van der Waals surface area contributed by atoms with Gasteiger partial charge < -0.3 is 5.32 Å². The van der Waals surface area contributed by atoms with Gasteiger partial charge in [-0.1, -0.05) is 29.8 Å². The zero-order valence-corrected chi connectivity index (χ0v) is 10.6. The van der Waals surface area contributed by atoms with E-state index in [4.69, 9.17) is 11.6 Å². The Labute approximate surface area is 114 Å². The molecular formula is C14H11ClF3N. The van der Waals surface area contributed by atoms with Crippen LogP contribution < -0.4 is 5.32 Å². The Balaban J connectivity index is 1.96. The summed E-state index contributed by atoms with van der Waals surface area (Å²) in [7, 11) is 0. The molecule has 0 heterocycles. The molecular weight excluding hydrogens is 275 g/mol. The second-order valence-corrected chi connectivity index (χ2v) is 4.47. The van der Waals surface area contributed by atoms with E-state index in [2.05, 4.69) is 5.32 Å². The van der Waals surface area contributed by atoms with Crippen LogP contribution in [0.4, 0.5) is 13.2 Å². The summed E-state index contributed by atoms with van der Waals surface area (Å²) < 4.78 is 39.3. The lowest BCUT2D eigenvalue weighted by atomic mass is 10.2. The van der Waals surface area contributed by atoms with Gasteiger partial charge in [-0.05, 0) is 23.8 Å². The van der Waals surface area contributed by atoms with E-state index in [1.807, 2.05) is 0 Å². The Kier molecular flexibility index (Phi) is 4.45. The molecule has 0 aliphatic rings. The molecule has 0 amide bonds. The third kappa shape index (κ3) is 3.49. The van der Waals surface area contributed by atoms with Crippen LogP contribution in [0.1, 0.15) is 11.1 Å². The van der Waals surface area contributed by atoms with Crippen molar-refractivity contribution in [1.82, 2.24) is 5.32 Å². The summed E-state index contributed by atoms with van der Waals surface area (Å²) in [4.78, 5) is 0. The Morgan fingerprint density at radius 2 is 1.74 bits per heavy atom. The highest BCUT2D eigenvalue weighted by atomic mass is 35.5. The molecule has 0 saturated heterocycles. The lowest BCUT2D eigenvalue weighted by Gasteiger charge is -2.07. The number of rotatable bonds is 4. The molecule has 0 atom stereocenters. The molecule has 0 aliphatic carbocycles. The number of hydrogen-bond acceptors (Lipinski definition) is 1. The largest absolute Gasteiger partial charge is 0.309 e. The van der Waals surface area contributed by atoms with Crippen molar-refractivity contribution in [2.24, 2.45) is 0 Å². The molecule has 0 unspecified atom stereocenters. The third-order valence-electron chi connectivity index (χ3n) is 2.66. The summed E-state index contributed by atoms with van der Waals surface area (Å²) in [6, 6.07) is 8.36. The molecule has 0 aliphatic heterocycles. The standard InChI is InChI=1S/C14H11ClF3N/c15-11-6-9(4-5-12(11)16)7-19-8-10-2-1-3-13(17)14(10)18/h1-6,19H,7-8H2. The Bertz CT molecular complexity index is 587. The Hall–Kier alpha value is -1.52. The maximum Gasteiger partial charge on any atom is 0.163 e. The second kappa shape index (κ2) is 6.08. The van der Waals surface area contributed by atoms with E-state index in [0.717, 1.165) is 11.6 Å². The first kappa shape index (κ1) is 13.9. The van der Waals surface area contributed by atoms with Crippen molar-refractivity contribution in [2.75, 3.05) is 0 Å². The van der Waals surface area contributed by atoms with Crippen molar-refractivity contribution in [3.8, 4) is 0 Å². The molecule has 0 spiro atoms. The molecule has 0 saturated carbocycles. The van der Waals surface area contributed by atoms with Crippen molar-refractivity contribution in [2.45, 2.75) is 13.1 Å². The topological polar surface area (TPSA) is 12.0 Å². The first-order valence-electron chi connectivity index (χ1n) is 5.65. The molecule has 1 nitrogen and oxygen atoms in total. The normalized spacial score (nSPS) is 10.7. The van der Waals surface area contributed by atoms with E-state index in [0.29, 0.717) is 6.54 Å². The maximum atomic E-state index is 13.4. The van der Waals surface area contributed by atoms with Gasteiger partial charge in [0.1, 0.15) is 5.82 Å². The van der Waals surface area contributed by atoms with Crippen molar-refractivity contribution in [3.05, 3.63) is 70.0 Å². The predicted molar refractivity (Wildman–Crippen MR) is 68.3 cm³/mol. The lowest BCUT2D eigenvalue weighted by Crippen LogP contribution is -2.14. The quantitative estimate of drug-likeness (QED) is 0.894. The van der Waals surface area contributed by atoms with Crippen LogP contribution in [0.5, 0.6) is 0 Å². The van der Waals surface area contributed by atoms with Gasteiger partial charge in [0.2, 0.25) is 0 Å². The van der Waals surface area contributed by atoms with Crippen LogP contribution >= 0.6 is 11.6 Å². The molecule has 2 aromatic rings. The van der Waals surface area contributed by atoms with Gasteiger partial charge in [0, 0.05) is 18.7 Å². The third-order valence-corrected chi connectivity index (χ3v) is 2.95. The van der Waals surface area contributed by atoms with Crippen LogP contribution in [0.2, 0.25) is 5.02 Å². The van der Waals surface area contributed by atoms with Gasteiger partial charge in [0.25, 0.3) is 0 Å². The van der Waals surface area contributed by atoms with Crippen molar-refractivity contribution in [3.63, 3.8) is 0 Å². The van der Waals surface area contributed by atoms with Crippen LogP contribution in [0.15, 0.2) is 36.4 Å². The van der Waals surface area contributed by atoms with Gasteiger partial charge in [-0.2, -0.15) is 0 Å². The van der Waals surface area contributed by atoms with E-state index >= 15 is 0 Å². The summed E-state index contributed by atoms with van der Waals surface area (Å²) in [5, 5.41) is 2.98. The van der Waals surface area contributed by atoms with E-state index in [-0.39, 0.29) is 17.1 Å². The van der Waals surface area contributed by atoms with Crippen molar-refractivity contribution >= 4 is 11.6 Å². The highest BCUT2D eigenvalue weighted by molar-refractivity contribution is 6.30. The van der Waals surface area contributed by atoms with Gasteiger partial charge in [0.15, 0.2) is 11.6 Å². The first-order chi connectivity index (χ1) is 9.08. The minimum atomic E-state index is -0.871. The molecule has 0 bridgehead atoms. The van der Waals surface area contributed by atoms with Gasteiger partial charge >= 0.3 is 0 Å². The fourth-order valence-electron chi connectivity index (χ4n) is 1.68. The molecule has 0 aromatic heterocycles. The molecule has 0 radical (unpaired) electrons. The number of halogens is 4. The average Bonchev–Trinajstić information content (AvgIpc) is 2.39. The highest BCUT2D eigenvalue weighted by Crippen LogP contribution is 2.16. The average molecular weight is 286 g/mol. The summed E-state index contributed by atoms with van der Waals surface area (Å²) >= 11 is 5.64. The summed E-state index contributed by atoms with van der Waals surface area (Å²) in [5.41, 5.74) is 1.01. The van der Waals surface area contributed by atoms with Crippen LogP contribution in [-0.4, -0.2) is 0 Å². The van der Waals surface area contributed by atoms with Gasteiger partial charge in [-0.25, -0.2) is 13.2 Å². The number of nitrogens with one attached hydrogen (secondary N) is 1. The number of benzene rings is 2. The fraction of sp³-hybridized carbons (Fsp3) is 0.143. The SMILES string of the molecule is Fc1ccc(CNCc2cccc(F)c2F)cc1Cl. The number of hydrogen-bond donors (Lipinski definition) is 1. The molecule has 1 N–H and O–H groups in total. The molecule has 19 heavy (non-hydrogen) atoms. The molecule has 0 fully saturated rings. The minimum Gasteiger partial charge on any atom is -0.309 e. The fourth-order valence-corrected chi connectivity index (χ4v) is 1.88. The smallest absolute Gasteiger partial charge is 0.163 e. The molecule has 100 valence electrons.